The van der Waals surface area contributed by atoms with Crippen LogP contribution in [0.4, 0.5) is 0 Å². The van der Waals surface area contributed by atoms with Crippen LogP contribution in [-0.4, -0.2) is 28.9 Å². The first-order valence-corrected chi connectivity index (χ1v) is 7.55. The van der Waals surface area contributed by atoms with Crippen molar-refractivity contribution in [1.29, 1.82) is 0 Å². The third kappa shape index (κ3) is 4.11. The Hall–Kier alpha value is -1.26. The molecule has 1 N–H and O–H groups in total. The summed E-state index contributed by atoms with van der Waals surface area (Å²) in [4.78, 5) is 24.9. The lowest BCUT2D eigenvalue weighted by Crippen LogP contribution is -2.31. The fraction of sp³-hybridized carbons (Fsp3) is 0.467. The van der Waals surface area contributed by atoms with Crippen LogP contribution >= 0.6 is 23.2 Å². The van der Waals surface area contributed by atoms with E-state index in [1.807, 2.05) is 0 Å². The van der Waals surface area contributed by atoms with Crippen molar-refractivity contribution in [1.82, 2.24) is 4.90 Å². The van der Waals surface area contributed by atoms with Crippen LogP contribution in [0.2, 0.25) is 10.0 Å². The summed E-state index contributed by atoms with van der Waals surface area (Å²) in [5, 5.41) is 10.1. The van der Waals surface area contributed by atoms with Gasteiger partial charge in [0.05, 0.1) is 5.92 Å². The molecule has 0 bridgehead atoms. The molecule has 0 aromatic heterocycles. The fourth-order valence-electron chi connectivity index (χ4n) is 2.80. The van der Waals surface area contributed by atoms with Crippen LogP contribution < -0.4 is 0 Å². The van der Waals surface area contributed by atoms with E-state index in [0.717, 1.165) is 5.56 Å². The van der Waals surface area contributed by atoms with Gasteiger partial charge in [-0.05, 0) is 43.0 Å². The Morgan fingerprint density at radius 2 is 1.76 bits per heavy atom. The first kappa shape index (κ1) is 16.1. The van der Waals surface area contributed by atoms with Crippen molar-refractivity contribution in [3.8, 4) is 0 Å². The lowest BCUT2D eigenvalue weighted by molar-refractivity contribution is -0.141. The minimum atomic E-state index is -0.811. The van der Waals surface area contributed by atoms with Gasteiger partial charge in [0.1, 0.15) is 0 Å². The third-order valence-electron chi connectivity index (χ3n) is 3.85. The average Bonchev–Trinajstić information content (AvgIpc) is 2.86. The van der Waals surface area contributed by atoms with E-state index in [0.29, 0.717) is 35.9 Å². The molecular weight excluding hydrogens is 313 g/mol. The minimum Gasteiger partial charge on any atom is -0.481 e. The number of aliphatic carboxylic acids is 1. The van der Waals surface area contributed by atoms with E-state index in [2.05, 4.69) is 0 Å². The monoisotopic (exact) mass is 329 g/mol. The zero-order valence-electron chi connectivity index (χ0n) is 11.7. The zero-order chi connectivity index (χ0) is 15.6. The summed E-state index contributed by atoms with van der Waals surface area (Å²) in [5.41, 5.74) is 0.858. The lowest BCUT2D eigenvalue weighted by Gasteiger charge is -2.21. The van der Waals surface area contributed by atoms with Gasteiger partial charge in [-0.2, -0.15) is 0 Å². The molecular formula is C15H17Cl2NO3. The lowest BCUT2D eigenvalue weighted by atomic mass is 10.0. The number of hydrogen-bond donors (Lipinski definition) is 1. The zero-order valence-corrected chi connectivity index (χ0v) is 13.2. The summed E-state index contributed by atoms with van der Waals surface area (Å²) in [5.74, 6) is -1.43. The Morgan fingerprint density at radius 3 is 2.29 bits per heavy atom. The summed E-state index contributed by atoms with van der Waals surface area (Å²) in [6.45, 7) is 0.410. The maximum atomic E-state index is 12.4. The molecule has 21 heavy (non-hydrogen) atoms. The van der Waals surface area contributed by atoms with Crippen molar-refractivity contribution < 1.29 is 14.7 Å². The molecule has 4 nitrogen and oxygen atoms in total. The first-order valence-electron chi connectivity index (χ1n) is 6.79. The molecule has 0 unspecified atom stereocenters. The molecule has 1 aliphatic rings. The number of halogens is 2. The summed E-state index contributed by atoms with van der Waals surface area (Å²) in [7, 11) is 1.71. The summed E-state index contributed by atoms with van der Waals surface area (Å²) >= 11 is 11.9. The topological polar surface area (TPSA) is 57.6 Å². The second-order valence-corrected chi connectivity index (χ2v) is 6.39. The number of amides is 1. The van der Waals surface area contributed by atoms with Crippen LogP contribution in [0.25, 0.3) is 0 Å². The van der Waals surface area contributed by atoms with Gasteiger partial charge < -0.3 is 10.0 Å². The van der Waals surface area contributed by atoms with Crippen molar-refractivity contribution >= 4 is 35.1 Å². The number of carbonyl (C=O) groups is 2. The molecule has 1 amide bonds. The summed E-state index contributed by atoms with van der Waals surface area (Å²) < 4.78 is 0. The first-order chi connectivity index (χ1) is 9.86. The Balaban J connectivity index is 1.98. The normalized spacial score (nSPS) is 21.3. The van der Waals surface area contributed by atoms with E-state index in [4.69, 9.17) is 28.3 Å². The molecule has 6 heteroatoms. The van der Waals surface area contributed by atoms with Gasteiger partial charge in [-0.1, -0.05) is 23.2 Å². The second-order valence-electron chi connectivity index (χ2n) is 5.52. The number of nitrogens with zero attached hydrogens (tertiary/aromatic N) is 1. The highest BCUT2D eigenvalue weighted by Crippen LogP contribution is 2.32. The van der Waals surface area contributed by atoms with Crippen molar-refractivity contribution in [2.24, 2.45) is 11.8 Å². The van der Waals surface area contributed by atoms with Gasteiger partial charge in [-0.3, -0.25) is 9.59 Å². The van der Waals surface area contributed by atoms with E-state index < -0.39 is 11.9 Å². The van der Waals surface area contributed by atoms with Gasteiger partial charge in [0.15, 0.2) is 0 Å². The van der Waals surface area contributed by atoms with Crippen molar-refractivity contribution in [2.45, 2.75) is 25.8 Å². The summed E-state index contributed by atoms with van der Waals surface area (Å²) in [6.07, 6.45) is 1.63. The van der Waals surface area contributed by atoms with Gasteiger partial charge in [-0.25, -0.2) is 0 Å². The number of carboxylic acids is 1. The fourth-order valence-corrected chi connectivity index (χ4v) is 3.37. The Kier molecular flexibility index (Phi) is 5.12. The molecule has 1 saturated carbocycles. The van der Waals surface area contributed by atoms with Crippen LogP contribution in [0.5, 0.6) is 0 Å². The van der Waals surface area contributed by atoms with Crippen molar-refractivity contribution in [2.75, 3.05) is 7.05 Å². The standard InChI is InChI=1S/C15H17Cl2NO3/c1-18(8-9-4-12(16)7-13(17)5-9)14(19)10-2-3-11(6-10)15(20)21/h4-5,7,10-11H,2-3,6,8H2,1H3,(H,20,21)/t10-,11+/m1/s1. The number of benzene rings is 1. The van der Waals surface area contributed by atoms with Crippen LogP contribution in [0.3, 0.4) is 0 Å². The van der Waals surface area contributed by atoms with E-state index in [-0.39, 0.29) is 11.8 Å². The Morgan fingerprint density at radius 1 is 1.19 bits per heavy atom. The molecule has 2 atom stereocenters. The largest absolute Gasteiger partial charge is 0.481 e. The molecule has 0 heterocycles. The summed E-state index contributed by atoms with van der Waals surface area (Å²) in [6, 6.07) is 5.18. The molecule has 0 radical (unpaired) electrons. The van der Waals surface area contributed by atoms with E-state index in [1.54, 1.807) is 30.1 Å². The minimum absolute atomic E-state index is 0.0187. The van der Waals surface area contributed by atoms with Crippen molar-refractivity contribution in [3.63, 3.8) is 0 Å². The van der Waals surface area contributed by atoms with Crippen LogP contribution in [0.15, 0.2) is 18.2 Å². The SMILES string of the molecule is CN(Cc1cc(Cl)cc(Cl)c1)C(=O)[C@@H]1CC[C@H](C(=O)O)C1. The molecule has 1 aromatic rings. The van der Waals surface area contributed by atoms with E-state index in [9.17, 15) is 9.59 Å². The molecule has 0 saturated heterocycles. The smallest absolute Gasteiger partial charge is 0.306 e. The molecule has 1 aliphatic carbocycles. The second kappa shape index (κ2) is 6.67. The van der Waals surface area contributed by atoms with Gasteiger partial charge in [0.25, 0.3) is 0 Å². The number of carboxylic acid groups (broad SMARTS) is 1. The predicted octanol–water partition coefficient (Wildman–Crippen LogP) is 3.45. The molecule has 1 fully saturated rings. The maximum Gasteiger partial charge on any atom is 0.306 e. The molecule has 0 spiro atoms. The highest BCUT2D eigenvalue weighted by Gasteiger charge is 2.35. The van der Waals surface area contributed by atoms with Gasteiger partial charge in [-0.15, -0.1) is 0 Å². The number of carbonyl (C=O) groups excluding carboxylic acids is 1. The number of hydrogen-bond acceptors (Lipinski definition) is 2. The van der Waals surface area contributed by atoms with E-state index in [1.165, 1.54) is 0 Å². The van der Waals surface area contributed by atoms with Crippen LogP contribution in [0.1, 0.15) is 24.8 Å². The van der Waals surface area contributed by atoms with Crippen LogP contribution in [-0.2, 0) is 16.1 Å². The molecule has 1 aromatic carbocycles. The van der Waals surface area contributed by atoms with Crippen LogP contribution in [0, 0.1) is 11.8 Å². The van der Waals surface area contributed by atoms with Gasteiger partial charge in [0, 0.05) is 29.6 Å². The number of rotatable bonds is 4. The highest BCUT2D eigenvalue weighted by molar-refractivity contribution is 6.34. The van der Waals surface area contributed by atoms with Crippen molar-refractivity contribution in [3.05, 3.63) is 33.8 Å². The van der Waals surface area contributed by atoms with E-state index >= 15 is 0 Å². The predicted molar refractivity (Wildman–Crippen MR) is 81.4 cm³/mol. The highest BCUT2D eigenvalue weighted by atomic mass is 35.5. The molecule has 0 aliphatic heterocycles. The molecule has 2 rings (SSSR count). The quantitative estimate of drug-likeness (QED) is 0.920. The van der Waals surface area contributed by atoms with Gasteiger partial charge >= 0.3 is 5.97 Å². The van der Waals surface area contributed by atoms with Gasteiger partial charge in [0.2, 0.25) is 5.91 Å². The molecule has 114 valence electrons. The average molecular weight is 330 g/mol. The maximum absolute atomic E-state index is 12.4. The Labute approximate surface area is 133 Å². The third-order valence-corrected chi connectivity index (χ3v) is 4.29. The Bertz CT molecular complexity index is 542.